The zero-order valence-electron chi connectivity index (χ0n) is 20.1. The molecule has 1 spiro atoms. The normalized spacial score (nSPS) is 31.6. The molecule has 1 aromatic rings. The molecule has 4 rings (SSSR count). The molecule has 1 aromatic carbocycles. The van der Waals surface area contributed by atoms with Gasteiger partial charge >= 0.3 is 5.97 Å². The molecule has 34 heavy (non-hydrogen) atoms. The highest BCUT2D eigenvalue weighted by Crippen LogP contribution is 2.68. The van der Waals surface area contributed by atoms with Crippen LogP contribution in [0.25, 0.3) is 0 Å². The number of carbonyl (C=O) groups excluding carboxylic acids is 3. The smallest absolute Gasteiger partial charge is 0.310 e. The summed E-state index contributed by atoms with van der Waals surface area (Å²) >= 11 is 1.68. The SMILES string of the molecule is CCOC(=O)[C@@H]1[C@@H]2CC(C)C3(S2)C(C(=O)NCc2ccccc2)N(CCCCCCO)C(=O)[C@H]13. The molecule has 3 aliphatic heterocycles. The van der Waals surface area contributed by atoms with E-state index in [0.29, 0.717) is 13.1 Å². The van der Waals surface area contributed by atoms with E-state index in [1.807, 2.05) is 30.3 Å². The largest absolute Gasteiger partial charge is 0.466 e. The second kappa shape index (κ2) is 10.7. The van der Waals surface area contributed by atoms with E-state index in [1.54, 1.807) is 23.6 Å². The Morgan fingerprint density at radius 3 is 2.65 bits per heavy atom. The Bertz CT molecular complexity index is 896. The fourth-order valence-electron chi connectivity index (χ4n) is 6.20. The first-order valence-corrected chi connectivity index (χ1v) is 13.4. The number of ether oxygens (including phenoxy) is 1. The summed E-state index contributed by atoms with van der Waals surface area (Å²) in [6, 6.07) is 9.15. The van der Waals surface area contributed by atoms with E-state index in [0.717, 1.165) is 37.7 Å². The molecule has 2 N–H and O–H groups in total. The van der Waals surface area contributed by atoms with E-state index in [1.165, 1.54) is 0 Å². The molecule has 3 saturated heterocycles. The number of nitrogens with zero attached hydrogens (tertiary/aromatic N) is 1. The van der Waals surface area contributed by atoms with Gasteiger partial charge in [0.1, 0.15) is 6.04 Å². The van der Waals surface area contributed by atoms with Gasteiger partial charge in [-0.05, 0) is 37.7 Å². The monoisotopic (exact) mass is 488 g/mol. The summed E-state index contributed by atoms with van der Waals surface area (Å²) in [6.07, 6.45) is 4.08. The summed E-state index contributed by atoms with van der Waals surface area (Å²) in [5, 5.41) is 12.2. The van der Waals surface area contributed by atoms with Crippen molar-refractivity contribution >= 4 is 29.5 Å². The van der Waals surface area contributed by atoms with Crippen molar-refractivity contribution in [3.8, 4) is 0 Å². The number of unbranched alkanes of at least 4 members (excludes halogenated alkanes) is 3. The van der Waals surface area contributed by atoms with Crippen LogP contribution in [0.1, 0.15) is 51.5 Å². The van der Waals surface area contributed by atoms with E-state index in [-0.39, 0.29) is 42.2 Å². The summed E-state index contributed by atoms with van der Waals surface area (Å²) in [6.45, 7) is 5.24. The van der Waals surface area contributed by atoms with E-state index in [2.05, 4.69) is 12.2 Å². The quantitative estimate of drug-likeness (QED) is 0.367. The van der Waals surface area contributed by atoms with Crippen LogP contribution in [0.15, 0.2) is 30.3 Å². The number of nitrogens with one attached hydrogen (secondary N) is 1. The molecule has 7 nitrogen and oxygen atoms in total. The Labute approximate surface area is 206 Å². The lowest BCUT2D eigenvalue weighted by molar-refractivity contribution is -0.154. The molecule has 0 saturated carbocycles. The Morgan fingerprint density at radius 1 is 1.21 bits per heavy atom. The molecule has 186 valence electrons. The van der Waals surface area contributed by atoms with E-state index < -0.39 is 22.6 Å². The van der Waals surface area contributed by atoms with Crippen molar-refractivity contribution in [3.05, 3.63) is 35.9 Å². The molecule has 2 bridgehead atoms. The van der Waals surface area contributed by atoms with Gasteiger partial charge in [-0.15, -0.1) is 11.8 Å². The minimum atomic E-state index is -0.606. The Hall–Kier alpha value is -2.06. The molecule has 3 fully saturated rings. The zero-order valence-corrected chi connectivity index (χ0v) is 20.9. The van der Waals surface area contributed by atoms with Gasteiger partial charge < -0.3 is 20.1 Å². The van der Waals surface area contributed by atoms with Crippen LogP contribution >= 0.6 is 11.8 Å². The van der Waals surface area contributed by atoms with Gasteiger partial charge in [-0.3, -0.25) is 14.4 Å². The van der Waals surface area contributed by atoms with Crippen LogP contribution < -0.4 is 5.32 Å². The highest BCUT2D eigenvalue weighted by atomic mass is 32.2. The van der Waals surface area contributed by atoms with Gasteiger partial charge in [0.15, 0.2) is 0 Å². The van der Waals surface area contributed by atoms with Crippen LogP contribution in [0.3, 0.4) is 0 Å². The highest BCUT2D eigenvalue weighted by molar-refractivity contribution is 8.02. The summed E-state index contributed by atoms with van der Waals surface area (Å²) in [5.74, 6) is -1.39. The molecule has 3 unspecified atom stereocenters. The molecule has 6 atom stereocenters. The highest BCUT2D eigenvalue weighted by Gasteiger charge is 2.76. The lowest BCUT2D eigenvalue weighted by atomic mass is 9.66. The van der Waals surface area contributed by atoms with Crippen LogP contribution in [0.2, 0.25) is 0 Å². The van der Waals surface area contributed by atoms with E-state index in [4.69, 9.17) is 9.84 Å². The van der Waals surface area contributed by atoms with Gasteiger partial charge in [-0.2, -0.15) is 0 Å². The summed E-state index contributed by atoms with van der Waals surface area (Å²) in [7, 11) is 0. The maximum Gasteiger partial charge on any atom is 0.310 e. The molecule has 3 heterocycles. The number of aliphatic hydroxyl groups excluding tert-OH is 1. The maximum absolute atomic E-state index is 13.8. The van der Waals surface area contributed by atoms with Gasteiger partial charge in [-0.25, -0.2) is 0 Å². The lowest BCUT2D eigenvalue weighted by Gasteiger charge is -2.38. The number of fused-ring (bicyclic) bond motifs is 1. The maximum atomic E-state index is 13.8. The van der Waals surface area contributed by atoms with Crippen molar-refractivity contribution in [2.75, 3.05) is 19.8 Å². The van der Waals surface area contributed by atoms with Crippen molar-refractivity contribution < 1.29 is 24.2 Å². The van der Waals surface area contributed by atoms with Crippen molar-refractivity contribution in [3.63, 3.8) is 0 Å². The van der Waals surface area contributed by atoms with E-state index in [9.17, 15) is 14.4 Å². The molecular formula is C26H36N2O5S. The third kappa shape index (κ3) is 4.35. The minimum Gasteiger partial charge on any atom is -0.466 e. The van der Waals surface area contributed by atoms with Crippen LogP contribution in [0.4, 0.5) is 0 Å². The number of hydrogen-bond donors (Lipinski definition) is 2. The van der Waals surface area contributed by atoms with Gasteiger partial charge in [0.05, 0.1) is 23.2 Å². The third-order valence-corrected chi connectivity index (χ3v) is 9.75. The van der Waals surface area contributed by atoms with Crippen molar-refractivity contribution in [2.24, 2.45) is 17.8 Å². The first-order valence-electron chi connectivity index (χ1n) is 12.5. The molecule has 8 heteroatoms. The fraction of sp³-hybridized carbons (Fsp3) is 0.654. The van der Waals surface area contributed by atoms with Gasteiger partial charge in [0.2, 0.25) is 11.8 Å². The van der Waals surface area contributed by atoms with Crippen molar-refractivity contribution in [2.45, 2.75) is 68.5 Å². The number of amides is 2. The third-order valence-electron chi connectivity index (χ3n) is 7.67. The first kappa shape index (κ1) is 25.0. The number of carbonyl (C=O) groups is 3. The average molecular weight is 489 g/mol. The van der Waals surface area contributed by atoms with Crippen LogP contribution in [0.5, 0.6) is 0 Å². The van der Waals surface area contributed by atoms with Crippen LogP contribution in [-0.2, 0) is 25.7 Å². The minimum absolute atomic E-state index is 0.0131. The van der Waals surface area contributed by atoms with Crippen LogP contribution in [0, 0.1) is 17.8 Å². The molecule has 2 amide bonds. The van der Waals surface area contributed by atoms with Crippen molar-refractivity contribution in [1.29, 1.82) is 0 Å². The fourth-order valence-corrected chi connectivity index (χ4v) is 8.61. The Kier molecular flexibility index (Phi) is 7.87. The topological polar surface area (TPSA) is 95.9 Å². The number of likely N-dealkylation sites (tertiary alicyclic amines) is 1. The molecule has 0 aliphatic carbocycles. The van der Waals surface area contributed by atoms with Crippen molar-refractivity contribution in [1.82, 2.24) is 10.2 Å². The molecule has 3 aliphatic rings. The number of aliphatic hydroxyl groups is 1. The standard InChI is InChI=1S/C26H36N2O5S/c1-3-33-25(32)20-19-15-17(2)26(34-19)21(20)24(31)28(13-9-4-5-10-14-29)22(26)23(30)27-16-18-11-7-6-8-12-18/h6-8,11-12,17,19-22,29H,3-5,9-10,13-16H2,1-2H3,(H,27,30)/t17?,19-,20+,21-,22?,26?/m0/s1. The number of rotatable bonds is 11. The van der Waals surface area contributed by atoms with Crippen LogP contribution in [-0.4, -0.2) is 63.6 Å². The molecule has 0 radical (unpaired) electrons. The van der Waals surface area contributed by atoms with Gasteiger partial charge in [0, 0.05) is 24.9 Å². The Balaban J connectivity index is 1.60. The predicted molar refractivity (Wildman–Crippen MR) is 131 cm³/mol. The van der Waals surface area contributed by atoms with Gasteiger partial charge in [0.25, 0.3) is 0 Å². The Morgan fingerprint density at radius 2 is 1.94 bits per heavy atom. The molecular weight excluding hydrogens is 452 g/mol. The number of benzene rings is 1. The second-order valence-electron chi connectivity index (χ2n) is 9.68. The van der Waals surface area contributed by atoms with Gasteiger partial charge in [-0.1, -0.05) is 50.1 Å². The predicted octanol–water partition coefficient (Wildman–Crippen LogP) is 2.76. The summed E-state index contributed by atoms with van der Waals surface area (Å²) in [4.78, 5) is 42.2. The molecule has 0 aromatic heterocycles. The van der Waals surface area contributed by atoms with E-state index >= 15 is 0 Å². The summed E-state index contributed by atoms with van der Waals surface area (Å²) < 4.78 is 4.78. The number of hydrogen-bond acceptors (Lipinski definition) is 6. The number of esters is 1. The first-order chi connectivity index (χ1) is 16.5. The lowest BCUT2D eigenvalue weighted by Crippen LogP contribution is -2.56. The second-order valence-corrected chi connectivity index (χ2v) is 11.2. The zero-order chi connectivity index (χ0) is 24.3. The number of thioether (sulfide) groups is 1. The summed E-state index contributed by atoms with van der Waals surface area (Å²) in [5.41, 5.74) is 1.01. The average Bonchev–Trinajstić information content (AvgIpc) is 3.42.